The average molecular weight is 401 g/mol. The van der Waals surface area contributed by atoms with E-state index in [-0.39, 0.29) is 46.8 Å². The van der Waals surface area contributed by atoms with Crippen molar-refractivity contribution in [3.63, 3.8) is 0 Å². The highest BCUT2D eigenvalue weighted by Gasteiger charge is 2.89. The minimum Gasteiger partial charge on any atom is -0.449 e. The summed E-state index contributed by atoms with van der Waals surface area (Å²) in [5.41, 5.74) is 5.07. The molecule has 4 rings (SSSR count). The van der Waals surface area contributed by atoms with E-state index in [0.717, 1.165) is 12.8 Å². The number of rotatable bonds is 4. The molecule has 3 heterocycles. The molecule has 0 saturated carbocycles. The van der Waals surface area contributed by atoms with Gasteiger partial charge in [-0.15, -0.1) is 0 Å². The Labute approximate surface area is 167 Å². The monoisotopic (exact) mass is 401 g/mol. The zero-order valence-electron chi connectivity index (χ0n) is 16.5. The highest BCUT2D eigenvalue weighted by atomic mass is 16.6. The predicted octanol–water partition coefficient (Wildman–Crippen LogP) is 1.38. The number of benzene rings is 1. The molecule has 154 valence electrons. The van der Waals surface area contributed by atoms with E-state index in [1.165, 1.54) is 0 Å². The van der Waals surface area contributed by atoms with Crippen molar-refractivity contribution in [3.05, 3.63) is 35.4 Å². The molecular weight excluding hydrogens is 378 g/mol. The first-order chi connectivity index (χ1) is 13.7. The van der Waals surface area contributed by atoms with Gasteiger partial charge in [-0.3, -0.25) is 14.5 Å². The van der Waals surface area contributed by atoms with Crippen LogP contribution in [0.1, 0.15) is 54.3 Å². The Balaban J connectivity index is 0.000000755. The van der Waals surface area contributed by atoms with Gasteiger partial charge in [-0.1, -0.05) is 39.3 Å². The molecule has 3 fully saturated rings. The van der Waals surface area contributed by atoms with Crippen LogP contribution in [-0.4, -0.2) is 58.2 Å². The first-order valence-electron chi connectivity index (χ1n) is 9.38. The number of hydrogen-bond acceptors (Lipinski definition) is 6. The number of hydrogen-bond donors (Lipinski definition) is 1. The summed E-state index contributed by atoms with van der Waals surface area (Å²) in [4.78, 5) is 57.0. The fourth-order valence-corrected chi connectivity index (χ4v) is 4.75. The second kappa shape index (κ2) is 7.00. The number of carbonyl (C=O) groups is 3. The molecule has 3 amide bonds. The minimum absolute atomic E-state index is 0.0579. The van der Waals surface area contributed by atoms with Crippen molar-refractivity contribution in [1.82, 2.24) is 9.80 Å². The van der Waals surface area contributed by atoms with Gasteiger partial charge in [-0.2, -0.15) is 9.59 Å². The molecule has 1 unspecified atom stereocenters. The summed E-state index contributed by atoms with van der Waals surface area (Å²) in [6.07, 6.45) is 1.57. The maximum Gasteiger partial charge on any atom is 0.412 e. The number of nitrogens with zero attached hydrogens (tertiary/aromatic N) is 2. The Morgan fingerprint density at radius 2 is 1.83 bits per heavy atom. The van der Waals surface area contributed by atoms with Gasteiger partial charge in [0.05, 0.1) is 23.2 Å². The molecule has 29 heavy (non-hydrogen) atoms. The van der Waals surface area contributed by atoms with Crippen molar-refractivity contribution in [2.45, 2.75) is 51.4 Å². The molecule has 3 saturated heterocycles. The van der Waals surface area contributed by atoms with E-state index in [9.17, 15) is 14.4 Å². The standard InChI is InChI=1S/C19H23N3O4.CO2/c1-4-7-13-19(16-18(2,3)10-26-17(25)22(16)19)21(13)15(24)12-9-6-5-8-11(12)14(20)23;2-1-3/h5-6,8-9,13,16H,4,7,10H2,1-3H3,(H2,20,23);/t13?,16-,19-,21?,22?;/m0./s1. The second-order valence-corrected chi connectivity index (χ2v) is 8.07. The fourth-order valence-electron chi connectivity index (χ4n) is 4.75. The number of fused-ring (bicyclic) bond motifs is 3. The molecule has 2 N–H and O–H groups in total. The van der Waals surface area contributed by atoms with E-state index in [1.54, 1.807) is 34.1 Å². The van der Waals surface area contributed by atoms with Crippen LogP contribution >= 0.6 is 0 Å². The van der Waals surface area contributed by atoms with E-state index < -0.39 is 11.6 Å². The molecule has 0 bridgehead atoms. The maximum absolute atomic E-state index is 13.3. The topological polar surface area (TPSA) is 127 Å². The first-order valence-corrected chi connectivity index (χ1v) is 9.38. The van der Waals surface area contributed by atoms with E-state index in [1.807, 2.05) is 13.8 Å². The third-order valence-corrected chi connectivity index (χ3v) is 5.81. The van der Waals surface area contributed by atoms with Gasteiger partial charge in [0.25, 0.3) is 5.91 Å². The first kappa shape index (κ1) is 20.5. The Morgan fingerprint density at radius 3 is 2.34 bits per heavy atom. The van der Waals surface area contributed by atoms with Gasteiger partial charge < -0.3 is 15.4 Å². The van der Waals surface area contributed by atoms with Crippen molar-refractivity contribution in [3.8, 4) is 0 Å². The SMILES string of the molecule is CCCC1N(C(=O)c2ccccc2C(N)=O)[C@@]12[C@H]1N2C(=O)OCC1(C)C.O=C=O. The molecule has 0 aromatic heterocycles. The molecule has 9 heteroatoms. The van der Waals surface area contributed by atoms with Gasteiger partial charge in [-0.25, -0.2) is 4.79 Å². The molecule has 3 aliphatic heterocycles. The summed E-state index contributed by atoms with van der Waals surface area (Å²) >= 11 is 0. The maximum atomic E-state index is 13.3. The highest BCUT2D eigenvalue weighted by molar-refractivity contribution is 6.08. The summed E-state index contributed by atoms with van der Waals surface area (Å²) in [7, 11) is 0. The third-order valence-electron chi connectivity index (χ3n) is 5.81. The van der Waals surface area contributed by atoms with Gasteiger partial charge in [0.2, 0.25) is 5.91 Å². The Kier molecular flexibility index (Phi) is 4.96. The molecule has 1 aromatic carbocycles. The lowest BCUT2D eigenvalue weighted by atomic mass is 9.86. The van der Waals surface area contributed by atoms with Gasteiger partial charge in [0.15, 0.2) is 5.66 Å². The molecule has 9 nitrogen and oxygen atoms in total. The average Bonchev–Trinajstić information content (AvgIpc) is 3.54. The summed E-state index contributed by atoms with van der Waals surface area (Å²) in [5.74, 6) is -0.888. The Morgan fingerprint density at radius 1 is 1.24 bits per heavy atom. The number of primary amides is 1. The molecular formula is C20H23N3O6. The third kappa shape index (κ3) is 2.89. The van der Waals surface area contributed by atoms with Gasteiger partial charge >= 0.3 is 12.2 Å². The number of carbonyl (C=O) groups excluding carboxylic acids is 5. The second-order valence-electron chi connectivity index (χ2n) is 8.07. The van der Waals surface area contributed by atoms with Crippen LogP contribution in [0.2, 0.25) is 0 Å². The van der Waals surface area contributed by atoms with Crippen LogP contribution in [0.4, 0.5) is 4.79 Å². The predicted molar refractivity (Wildman–Crippen MR) is 98.3 cm³/mol. The van der Waals surface area contributed by atoms with Crippen LogP contribution in [0.25, 0.3) is 0 Å². The molecule has 3 aliphatic rings. The van der Waals surface area contributed by atoms with Gasteiger partial charge in [0, 0.05) is 5.41 Å². The summed E-state index contributed by atoms with van der Waals surface area (Å²) in [5, 5.41) is 0. The lowest BCUT2D eigenvalue weighted by Gasteiger charge is -2.27. The summed E-state index contributed by atoms with van der Waals surface area (Å²) < 4.78 is 5.32. The Hall–Kier alpha value is -3.19. The number of cyclic esters (lactones) is 1. The number of ether oxygens (including phenoxy) is 1. The van der Waals surface area contributed by atoms with Crippen LogP contribution in [0.5, 0.6) is 0 Å². The summed E-state index contributed by atoms with van der Waals surface area (Å²) in [6, 6.07) is 6.44. The van der Waals surface area contributed by atoms with E-state index >= 15 is 0 Å². The Bertz CT molecular complexity index is 907. The quantitative estimate of drug-likeness (QED) is 0.760. The van der Waals surface area contributed by atoms with Crippen LogP contribution in [0.15, 0.2) is 24.3 Å². The molecule has 1 aromatic rings. The van der Waals surface area contributed by atoms with Crippen molar-refractivity contribution >= 4 is 24.1 Å². The minimum atomic E-state index is -0.634. The van der Waals surface area contributed by atoms with E-state index in [4.69, 9.17) is 20.1 Å². The number of amides is 3. The zero-order valence-corrected chi connectivity index (χ0v) is 16.5. The van der Waals surface area contributed by atoms with Crippen molar-refractivity contribution in [1.29, 1.82) is 0 Å². The van der Waals surface area contributed by atoms with Crippen molar-refractivity contribution in [2.75, 3.05) is 6.61 Å². The zero-order chi connectivity index (χ0) is 21.6. The van der Waals surface area contributed by atoms with Crippen LogP contribution < -0.4 is 5.73 Å². The van der Waals surface area contributed by atoms with Gasteiger partial charge in [-0.05, 0) is 18.6 Å². The molecule has 1 spiro atoms. The lowest BCUT2D eigenvalue weighted by Crippen LogP contribution is -2.37. The van der Waals surface area contributed by atoms with E-state index in [0.29, 0.717) is 6.61 Å². The van der Waals surface area contributed by atoms with E-state index in [2.05, 4.69) is 6.92 Å². The fraction of sp³-hybridized carbons (Fsp3) is 0.500. The number of nitrogens with two attached hydrogens (primary N) is 1. The van der Waals surface area contributed by atoms with Gasteiger partial charge in [0.1, 0.15) is 6.61 Å². The van der Waals surface area contributed by atoms with Crippen LogP contribution in [0.3, 0.4) is 0 Å². The smallest absolute Gasteiger partial charge is 0.412 e. The molecule has 0 radical (unpaired) electrons. The molecule has 0 aliphatic carbocycles. The van der Waals surface area contributed by atoms with Crippen LogP contribution in [0, 0.1) is 5.41 Å². The van der Waals surface area contributed by atoms with Crippen molar-refractivity contribution < 1.29 is 28.7 Å². The largest absolute Gasteiger partial charge is 0.449 e. The highest BCUT2D eigenvalue weighted by Crippen LogP contribution is 2.68. The molecule has 3 atom stereocenters. The van der Waals surface area contributed by atoms with Crippen LogP contribution in [-0.2, 0) is 14.3 Å². The normalized spacial score (nSPS) is 27.8. The van der Waals surface area contributed by atoms with Crippen molar-refractivity contribution in [2.24, 2.45) is 11.1 Å². The lowest BCUT2D eigenvalue weighted by molar-refractivity contribution is -0.191. The summed E-state index contributed by atoms with van der Waals surface area (Å²) in [6.45, 7) is 6.49.